The van der Waals surface area contributed by atoms with Gasteiger partial charge in [-0.25, -0.2) is 25.9 Å². The maximum absolute atomic E-state index is 13.5. The van der Waals surface area contributed by atoms with Crippen LogP contribution in [0.3, 0.4) is 0 Å². The minimum atomic E-state index is -4.22. The number of nitrogens with zero attached hydrogens (tertiary/aromatic N) is 1. The minimum Gasteiger partial charge on any atom is -0.325 e. The molecule has 0 heterocycles. The Kier molecular flexibility index (Phi) is 8.96. The summed E-state index contributed by atoms with van der Waals surface area (Å²) in [6, 6.07) is 18.4. The van der Waals surface area contributed by atoms with E-state index in [-0.39, 0.29) is 22.4 Å². The van der Waals surface area contributed by atoms with Gasteiger partial charge in [-0.15, -0.1) is 0 Å². The van der Waals surface area contributed by atoms with Crippen LogP contribution in [0, 0.1) is 5.82 Å². The third-order valence-electron chi connectivity index (χ3n) is 5.39. The van der Waals surface area contributed by atoms with Crippen LogP contribution in [0.2, 0.25) is 0 Å². The molecule has 2 N–H and O–H groups in total. The highest BCUT2D eigenvalue weighted by molar-refractivity contribution is 7.89. The van der Waals surface area contributed by atoms with Gasteiger partial charge in [0.05, 0.1) is 16.3 Å². The fraction of sp³-hybridized carbons (Fsp3) is 0.240. The van der Waals surface area contributed by atoms with Gasteiger partial charge in [0, 0.05) is 18.3 Å². The summed E-state index contributed by atoms with van der Waals surface area (Å²) >= 11 is 0. The number of hydrogen-bond donors (Lipinski definition) is 2. The molecule has 0 aliphatic rings. The number of carbonyl (C=O) groups is 1. The smallest absolute Gasteiger partial charge is 0.243 e. The number of sulfonamides is 2. The summed E-state index contributed by atoms with van der Waals surface area (Å²) in [6.07, 6.45) is 0.592. The molecule has 1 atom stereocenters. The topological polar surface area (TPSA) is 113 Å². The number of hydrogen-bond acceptors (Lipinski definition) is 5. The molecule has 192 valence electrons. The zero-order valence-corrected chi connectivity index (χ0v) is 21.5. The molecule has 3 aromatic rings. The Labute approximate surface area is 211 Å². The highest BCUT2D eigenvalue weighted by Crippen LogP contribution is 2.21. The second-order valence-electron chi connectivity index (χ2n) is 8.22. The molecule has 0 aromatic heterocycles. The monoisotopic (exact) mass is 533 g/mol. The number of anilines is 1. The standard InChI is InChI=1S/C25H28FN3O5S2/c1-3-19(2)28-35(31,32)23-13-15-24(16-14-23)36(33,34)29(17-20-9-11-21(26)12-10-20)18-25(30)27-22-7-5-4-6-8-22/h4-16,19,28H,3,17-18H2,1-2H3,(H,27,30). The summed E-state index contributed by atoms with van der Waals surface area (Å²) in [5.41, 5.74) is 0.981. The summed E-state index contributed by atoms with van der Waals surface area (Å²) in [5, 5.41) is 2.65. The summed E-state index contributed by atoms with van der Waals surface area (Å²) < 4.78 is 68.9. The Bertz CT molecular complexity index is 1380. The fourth-order valence-corrected chi connectivity index (χ4v) is 5.97. The van der Waals surface area contributed by atoms with E-state index < -0.39 is 38.3 Å². The molecule has 0 fully saturated rings. The van der Waals surface area contributed by atoms with Crippen LogP contribution in [-0.2, 0) is 31.4 Å². The Hall–Kier alpha value is -3.12. The molecule has 0 aliphatic heterocycles. The lowest BCUT2D eigenvalue weighted by molar-refractivity contribution is -0.116. The summed E-state index contributed by atoms with van der Waals surface area (Å²) in [5.74, 6) is -1.04. The molecule has 1 amide bonds. The molecule has 0 bridgehead atoms. The zero-order chi connectivity index (χ0) is 26.3. The van der Waals surface area contributed by atoms with Gasteiger partial charge in [-0.2, -0.15) is 4.31 Å². The van der Waals surface area contributed by atoms with E-state index in [1.165, 1.54) is 48.5 Å². The van der Waals surface area contributed by atoms with Gasteiger partial charge in [0.25, 0.3) is 0 Å². The van der Waals surface area contributed by atoms with Crippen LogP contribution in [0.4, 0.5) is 10.1 Å². The van der Waals surface area contributed by atoms with Crippen LogP contribution in [0.15, 0.2) is 88.7 Å². The Balaban J connectivity index is 1.88. The molecular weight excluding hydrogens is 505 g/mol. The molecule has 0 spiro atoms. The Morgan fingerprint density at radius 1 is 0.889 bits per heavy atom. The van der Waals surface area contributed by atoms with E-state index in [1.807, 2.05) is 6.92 Å². The van der Waals surface area contributed by atoms with Crippen LogP contribution < -0.4 is 10.0 Å². The first-order chi connectivity index (χ1) is 17.0. The van der Waals surface area contributed by atoms with Gasteiger partial charge in [0.15, 0.2) is 0 Å². The van der Waals surface area contributed by atoms with Crippen molar-refractivity contribution in [1.82, 2.24) is 9.03 Å². The summed E-state index contributed by atoms with van der Waals surface area (Å²) in [4.78, 5) is 12.4. The van der Waals surface area contributed by atoms with Crippen molar-refractivity contribution in [2.45, 2.75) is 42.6 Å². The van der Waals surface area contributed by atoms with E-state index >= 15 is 0 Å². The Morgan fingerprint density at radius 2 is 1.47 bits per heavy atom. The molecule has 0 saturated carbocycles. The molecule has 3 aromatic carbocycles. The minimum absolute atomic E-state index is 0.0753. The van der Waals surface area contributed by atoms with Crippen molar-refractivity contribution in [2.75, 3.05) is 11.9 Å². The lowest BCUT2D eigenvalue weighted by Gasteiger charge is -2.22. The number of halogens is 1. The van der Waals surface area contributed by atoms with Gasteiger partial charge in [0.1, 0.15) is 5.82 Å². The second kappa shape index (κ2) is 11.7. The van der Waals surface area contributed by atoms with Crippen LogP contribution in [0.25, 0.3) is 0 Å². The number of para-hydroxylation sites is 1. The van der Waals surface area contributed by atoms with Crippen LogP contribution >= 0.6 is 0 Å². The predicted molar refractivity (Wildman–Crippen MR) is 136 cm³/mol. The van der Waals surface area contributed by atoms with E-state index in [2.05, 4.69) is 10.0 Å². The first-order valence-electron chi connectivity index (χ1n) is 11.2. The van der Waals surface area contributed by atoms with Gasteiger partial charge < -0.3 is 5.32 Å². The third kappa shape index (κ3) is 7.20. The van der Waals surface area contributed by atoms with Crippen molar-refractivity contribution >= 4 is 31.6 Å². The normalized spacial score (nSPS) is 12.9. The maximum Gasteiger partial charge on any atom is 0.243 e. The highest BCUT2D eigenvalue weighted by atomic mass is 32.2. The number of amides is 1. The summed E-state index contributed by atoms with van der Waals surface area (Å²) in [7, 11) is -8.04. The quantitative estimate of drug-likeness (QED) is 0.390. The third-order valence-corrected chi connectivity index (χ3v) is 8.80. The first kappa shape index (κ1) is 27.5. The molecule has 36 heavy (non-hydrogen) atoms. The number of nitrogens with one attached hydrogen (secondary N) is 2. The van der Waals surface area contributed by atoms with Gasteiger partial charge in [-0.05, 0) is 67.4 Å². The van der Waals surface area contributed by atoms with E-state index in [1.54, 1.807) is 37.3 Å². The number of carbonyl (C=O) groups excluding carboxylic acids is 1. The fourth-order valence-electron chi connectivity index (χ4n) is 3.26. The van der Waals surface area contributed by atoms with E-state index in [0.717, 1.165) is 4.31 Å². The molecule has 0 aliphatic carbocycles. The van der Waals surface area contributed by atoms with Gasteiger partial charge >= 0.3 is 0 Å². The van der Waals surface area contributed by atoms with Gasteiger partial charge in [-0.1, -0.05) is 37.3 Å². The van der Waals surface area contributed by atoms with Crippen LogP contribution in [-0.4, -0.2) is 39.6 Å². The molecular formula is C25H28FN3O5S2. The van der Waals surface area contributed by atoms with Crippen LogP contribution in [0.1, 0.15) is 25.8 Å². The molecule has 0 radical (unpaired) electrons. The molecule has 1 unspecified atom stereocenters. The van der Waals surface area contributed by atoms with Crippen molar-refractivity contribution in [3.05, 3.63) is 90.2 Å². The highest BCUT2D eigenvalue weighted by Gasteiger charge is 2.28. The SMILES string of the molecule is CCC(C)NS(=O)(=O)c1ccc(S(=O)(=O)N(CC(=O)Nc2ccccc2)Cc2ccc(F)cc2)cc1. The predicted octanol–water partition coefficient (Wildman–Crippen LogP) is 3.73. The molecule has 11 heteroatoms. The van der Waals surface area contributed by atoms with Crippen molar-refractivity contribution in [3.63, 3.8) is 0 Å². The first-order valence-corrected chi connectivity index (χ1v) is 14.2. The molecule has 8 nitrogen and oxygen atoms in total. The molecule has 3 rings (SSSR count). The van der Waals surface area contributed by atoms with Gasteiger partial charge in [-0.3, -0.25) is 4.79 Å². The lowest BCUT2D eigenvalue weighted by Crippen LogP contribution is -2.37. The van der Waals surface area contributed by atoms with E-state index in [9.17, 15) is 26.0 Å². The second-order valence-corrected chi connectivity index (χ2v) is 11.9. The summed E-state index contributed by atoms with van der Waals surface area (Å²) in [6.45, 7) is 2.86. The van der Waals surface area contributed by atoms with E-state index in [0.29, 0.717) is 17.7 Å². The average molecular weight is 534 g/mol. The average Bonchev–Trinajstić information content (AvgIpc) is 2.85. The van der Waals surface area contributed by atoms with Crippen molar-refractivity contribution < 1.29 is 26.0 Å². The van der Waals surface area contributed by atoms with E-state index in [4.69, 9.17) is 0 Å². The number of rotatable bonds is 11. The van der Waals surface area contributed by atoms with Crippen LogP contribution in [0.5, 0.6) is 0 Å². The van der Waals surface area contributed by atoms with Crippen molar-refractivity contribution in [3.8, 4) is 0 Å². The zero-order valence-electron chi connectivity index (χ0n) is 19.9. The lowest BCUT2D eigenvalue weighted by atomic mass is 10.2. The van der Waals surface area contributed by atoms with Crippen molar-refractivity contribution in [2.24, 2.45) is 0 Å². The largest absolute Gasteiger partial charge is 0.325 e. The maximum atomic E-state index is 13.5. The Morgan fingerprint density at radius 3 is 2.06 bits per heavy atom. The number of benzene rings is 3. The van der Waals surface area contributed by atoms with Gasteiger partial charge in [0.2, 0.25) is 26.0 Å². The van der Waals surface area contributed by atoms with Crippen molar-refractivity contribution in [1.29, 1.82) is 0 Å². The molecule has 0 saturated heterocycles.